The molecular formula is C24H19ClN2O. The number of amides is 1. The van der Waals surface area contributed by atoms with Crippen molar-refractivity contribution in [2.24, 2.45) is 5.10 Å². The van der Waals surface area contributed by atoms with Gasteiger partial charge in [-0.1, -0.05) is 90.5 Å². The molecule has 0 fully saturated rings. The van der Waals surface area contributed by atoms with Crippen molar-refractivity contribution < 1.29 is 4.79 Å². The minimum absolute atomic E-state index is 0.318. The summed E-state index contributed by atoms with van der Waals surface area (Å²) < 4.78 is 0. The van der Waals surface area contributed by atoms with Crippen LogP contribution in [0.15, 0.2) is 102 Å². The van der Waals surface area contributed by atoms with Crippen LogP contribution in [0.4, 0.5) is 0 Å². The molecule has 1 N–H and O–H groups in total. The van der Waals surface area contributed by atoms with Gasteiger partial charge >= 0.3 is 0 Å². The van der Waals surface area contributed by atoms with Crippen molar-refractivity contribution in [2.45, 2.75) is 0 Å². The van der Waals surface area contributed by atoms with Gasteiger partial charge in [-0.25, -0.2) is 5.43 Å². The van der Waals surface area contributed by atoms with Crippen LogP contribution in [-0.2, 0) is 0 Å². The predicted octanol–water partition coefficient (Wildman–Crippen LogP) is 5.85. The van der Waals surface area contributed by atoms with Gasteiger partial charge in [0, 0.05) is 10.6 Å². The Hall–Kier alpha value is -3.43. The molecule has 3 aromatic carbocycles. The van der Waals surface area contributed by atoms with E-state index in [1.165, 1.54) is 0 Å². The minimum Gasteiger partial charge on any atom is -0.267 e. The SMILES string of the molecule is O=C(NN=C(/C=C\c1ccccc1)/C=C\c1ccccc1)c1cccc(Cl)c1. The van der Waals surface area contributed by atoms with Gasteiger partial charge in [0.1, 0.15) is 0 Å². The molecule has 3 aromatic rings. The number of nitrogens with zero attached hydrogens (tertiary/aromatic N) is 1. The summed E-state index contributed by atoms with van der Waals surface area (Å²) in [5.74, 6) is -0.318. The number of allylic oxidation sites excluding steroid dienone is 2. The molecule has 0 bridgehead atoms. The molecule has 0 heterocycles. The van der Waals surface area contributed by atoms with Gasteiger partial charge in [0.05, 0.1) is 5.71 Å². The summed E-state index contributed by atoms with van der Waals surface area (Å²) in [6.45, 7) is 0. The standard InChI is InChI=1S/C24H19ClN2O/c25-22-13-7-12-21(18-22)24(28)27-26-23(16-14-19-8-3-1-4-9-19)17-15-20-10-5-2-6-11-20/h1-18H,(H,27,28)/b16-14-,17-15-. The maximum absolute atomic E-state index is 12.3. The van der Waals surface area contributed by atoms with Crippen LogP contribution in [0.1, 0.15) is 21.5 Å². The van der Waals surface area contributed by atoms with Gasteiger partial charge in [-0.2, -0.15) is 5.10 Å². The highest BCUT2D eigenvalue weighted by molar-refractivity contribution is 6.31. The van der Waals surface area contributed by atoms with E-state index in [-0.39, 0.29) is 5.91 Å². The molecule has 0 atom stereocenters. The summed E-state index contributed by atoms with van der Waals surface area (Å²) in [5.41, 5.74) is 5.75. The second kappa shape index (κ2) is 10.0. The molecule has 28 heavy (non-hydrogen) atoms. The van der Waals surface area contributed by atoms with Crippen molar-refractivity contribution in [2.75, 3.05) is 0 Å². The molecule has 0 saturated heterocycles. The maximum atomic E-state index is 12.3. The van der Waals surface area contributed by atoms with Crippen molar-refractivity contribution in [3.63, 3.8) is 0 Å². The van der Waals surface area contributed by atoms with E-state index in [9.17, 15) is 4.79 Å². The number of halogens is 1. The Kier molecular flexibility index (Phi) is 6.94. The largest absolute Gasteiger partial charge is 0.271 e. The van der Waals surface area contributed by atoms with Crippen LogP contribution in [0.2, 0.25) is 5.02 Å². The molecule has 4 heteroatoms. The maximum Gasteiger partial charge on any atom is 0.271 e. The lowest BCUT2D eigenvalue weighted by Gasteiger charge is -2.02. The minimum atomic E-state index is -0.318. The molecule has 0 aliphatic carbocycles. The highest BCUT2D eigenvalue weighted by Crippen LogP contribution is 2.10. The number of hydrogen-bond donors (Lipinski definition) is 1. The van der Waals surface area contributed by atoms with Gasteiger partial charge < -0.3 is 0 Å². The number of carbonyl (C=O) groups excluding carboxylic acids is 1. The van der Waals surface area contributed by atoms with E-state index in [0.717, 1.165) is 11.1 Å². The Morgan fingerprint density at radius 2 is 1.36 bits per heavy atom. The molecule has 0 saturated carbocycles. The number of carbonyl (C=O) groups is 1. The van der Waals surface area contributed by atoms with E-state index in [1.54, 1.807) is 24.3 Å². The second-order valence-electron chi connectivity index (χ2n) is 5.98. The number of rotatable bonds is 6. The number of nitrogens with one attached hydrogen (secondary N) is 1. The first-order valence-electron chi connectivity index (χ1n) is 8.80. The van der Waals surface area contributed by atoms with E-state index in [0.29, 0.717) is 16.3 Å². The average Bonchev–Trinajstić information content (AvgIpc) is 2.74. The summed E-state index contributed by atoms with van der Waals surface area (Å²) in [5, 5.41) is 4.76. The van der Waals surface area contributed by atoms with E-state index < -0.39 is 0 Å². The zero-order valence-corrected chi connectivity index (χ0v) is 15.9. The van der Waals surface area contributed by atoms with E-state index in [2.05, 4.69) is 10.5 Å². The fourth-order valence-corrected chi connectivity index (χ4v) is 2.62. The van der Waals surface area contributed by atoms with Gasteiger partial charge in [-0.15, -0.1) is 0 Å². The molecule has 138 valence electrons. The van der Waals surface area contributed by atoms with Crippen molar-refractivity contribution in [3.05, 3.63) is 119 Å². The number of hydrogen-bond acceptors (Lipinski definition) is 2. The third kappa shape index (κ3) is 6.08. The van der Waals surface area contributed by atoms with Crippen LogP contribution in [0.25, 0.3) is 12.2 Å². The van der Waals surface area contributed by atoms with Crippen molar-refractivity contribution in [1.82, 2.24) is 5.43 Å². The molecule has 3 rings (SSSR count). The lowest BCUT2D eigenvalue weighted by molar-refractivity contribution is 0.0955. The van der Waals surface area contributed by atoms with E-state index >= 15 is 0 Å². The van der Waals surface area contributed by atoms with Crippen LogP contribution in [-0.4, -0.2) is 11.6 Å². The second-order valence-corrected chi connectivity index (χ2v) is 6.41. The van der Waals surface area contributed by atoms with Gasteiger partial charge in [0.25, 0.3) is 5.91 Å². The molecule has 0 aliphatic heterocycles. The zero-order valence-electron chi connectivity index (χ0n) is 15.1. The van der Waals surface area contributed by atoms with E-state index in [4.69, 9.17) is 11.6 Å². The summed E-state index contributed by atoms with van der Waals surface area (Å²) in [6.07, 6.45) is 7.60. The lowest BCUT2D eigenvalue weighted by Crippen LogP contribution is -2.18. The zero-order chi connectivity index (χ0) is 19.6. The molecule has 0 spiro atoms. The van der Waals surface area contributed by atoms with Gasteiger partial charge in [0.2, 0.25) is 0 Å². The van der Waals surface area contributed by atoms with Crippen LogP contribution in [0.5, 0.6) is 0 Å². The van der Waals surface area contributed by atoms with Crippen LogP contribution < -0.4 is 5.43 Å². The molecule has 1 amide bonds. The fraction of sp³-hybridized carbons (Fsp3) is 0. The van der Waals surface area contributed by atoms with Crippen molar-refractivity contribution >= 4 is 35.4 Å². The Labute approximate surface area is 169 Å². The first kappa shape index (κ1) is 19.3. The average molecular weight is 387 g/mol. The fourth-order valence-electron chi connectivity index (χ4n) is 2.43. The number of hydrazone groups is 1. The monoisotopic (exact) mass is 386 g/mol. The molecule has 0 radical (unpaired) electrons. The lowest BCUT2D eigenvalue weighted by atomic mass is 10.1. The Bertz CT molecular complexity index is 958. The normalized spacial score (nSPS) is 10.9. The molecule has 0 aromatic heterocycles. The smallest absolute Gasteiger partial charge is 0.267 e. The third-order valence-electron chi connectivity index (χ3n) is 3.87. The Morgan fingerprint density at radius 3 is 1.89 bits per heavy atom. The van der Waals surface area contributed by atoms with Crippen molar-refractivity contribution in [3.8, 4) is 0 Å². The first-order valence-corrected chi connectivity index (χ1v) is 9.18. The quantitative estimate of drug-likeness (QED) is 0.419. The predicted molar refractivity (Wildman–Crippen MR) is 117 cm³/mol. The summed E-state index contributed by atoms with van der Waals surface area (Å²) in [7, 11) is 0. The van der Waals surface area contributed by atoms with Gasteiger partial charge in [-0.05, 0) is 41.5 Å². The van der Waals surface area contributed by atoms with E-state index in [1.807, 2.05) is 85.0 Å². The Balaban J connectivity index is 1.80. The van der Waals surface area contributed by atoms with Crippen LogP contribution >= 0.6 is 11.6 Å². The molecular weight excluding hydrogens is 368 g/mol. The Morgan fingerprint density at radius 1 is 0.786 bits per heavy atom. The third-order valence-corrected chi connectivity index (χ3v) is 4.10. The highest BCUT2D eigenvalue weighted by Gasteiger charge is 2.04. The topological polar surface area (TPSA) is 41.5 Å². The molecule has 0 aliphatic rings. The highest BCUT2D eigenvalue weighted by atomic mass is 35.5. The van der Waals surface area contributed by atoms with Crippen LogP contribution in [0.3, 0.4) is 0 Å². The summed E-state index contributed by atoms with van der Waals surface area (Å²) in [4.78, 5) is 12.3. The van der Waals surface area contributed by atoms with Gasteiger partial charge in [-0.3, -0.25) is 4.79 Å². The number of benzene rings is 3. The molecule has 3 nitrogen and oxygen atoms in total. The van der Waals surface area contributed by atoms with Crippen LogP contribution in [0, 0.1) is 0 Å². The first-order chi connectivity index (χ1) is 13.7. The molecule has 0 unspecified atom stereocenters. The summed E-state index contributed by atoms with van der Waals surface area (Å²) >= 11 is 5.95. The van der Waals surface area contributed by atoms with Gasteiger partial charge in [0.15, 0.2) is 0 Å². The summed E-state index contributed by atoms with van der Waals surface area (Å²) in [6, 6.07) is 26.5. The van der Waals surface area contributed by atoms with Crippen molar-refractivity contribution in [1.29, 1.82) is 0 Å².